The molecule has 2 N–H and O–H groups in total. The van der Waals surface area contributed by atoms with Gasteiger partial charge in [-0.1, -0.05) is 11.6 Å². The Kier molecular flexibility index (Phi) is 4.92. The predicted molar refractivity (Wildman–Crippen MR) is 76.8 cm³/mol. The van der Waals surface area contributed by atoms with Crippen LogP contribution in [0.4, 0.5) is 5.95 Å². The number of ether oxygens (including phenoxy) is 2. The SMILES string of the molecule is COC(CCn1cnc2c(Cl)nc(N)nc21)COC(C)=O. The summed E-state index contributed by atoms with van der Waals surface area (Å²) in [7, 11) is 1.57. The van der Waals surface area contributed by atoms with Crippen molar-refractivity contribution in [3.63, 3.8) is 0 Å². The summed E-state index contributed by atoms with van der Waals surface area (Å²) >= 11 is 5.96. The van der Waals surface area contributed by atoms with Gasteiger partial charge in [-0.25, -0.2) is 4.98 Å². The zero-order chi connectivity index (χ0) is 15.4. The topological polar surface area (TPSA) is 105 Å². The molecule has 2 heterocycles. The van der Waals surface area contributed by atoms with Crippen LogP contribution in [0.2, 0.25) is 5.15 Å². The number of nitrogens with two attached hydrogens (primary N) is 1. The van der Waals surface area contributed by atoms with E-state index in [-0.39, 0.29) is 29.8 Å². The van der Waals surface area contributed by atoms with Crippen LogP contribution in [-0.4, -0.2) is 45.3 Å². The van der Waals surface area contributed by atoms with Crippen LogP contribution in [0.3, 0.4) is 0 Å². The molecule has 0 saturated heterocycles. The summed E-state index contributed by atoms with van der Waals surface area (Å²) < 4.78 is 12.0. The summed E-state index contributed by atoms with van der Waals surface area (Å²) in [4.78, 5) is 23.0. The fourth-order valence-electron chi connectivity index (χ4n) is 1.85. The number of imidazole rings is 1. The Balaban J connectivity index is 2.07. The van der Waals surface area contributed by atoms with Crippen molar-refractivity contribution in [3.8, 4) is 0 Å². The molecule has 1 atom stereocenters. The Morgan fingerprint density at radius 3 is 2.95 bits per heavy atom. The number of anilines is 1. The van der Waals surface area contributed by atoms with Crippen LogP contribution in [-0.2, 0) is 20.8 Å². The van der Waals surface area contributed by atoms with Crippen LogP contribution in [0.1, 0.15) is 13.3 Å². The van der Waals surface area contributed by atoms with E-state index in [9.17, 15) is 4.79 Å². The highest BCUT2D eigenvalue weighted by molar-refractivity contribution is 6.33. The van der Waals surface area contributed by atoms with Crippen molar-refractivity contribution < 1.29 is 14.3 Å². The minimum absolute atomic E-state index is 0.0949. The lowest BCUT2D eigenvalue weighted by molar-refractivity contribution is -0.144. The number of hydrogen-bond donors (Lipinski definition) is 1. The summed E-state index contributed by atoms with van der Waals surface area (Å²) in [6.07, 6.45) is 2.03. The number of esters is 1. The van der Waals surface area contributed by atoms with Gasteiger partial charge in [0.1, 0.15) is 12.1 Å². The molecular weight excluding hydrogens is 298 g/mol. The number of carbonyl (C=O) groups excluding carboxylic acids is 1. The third-order valence-corrected chi connectivity index (χ3v) is 3.20. The molecule has 0 amide bonds. The number of hydrogen-bond acceptors (Lipinski definition) is 7. The van der Waals surface area contributed by atoms with E-state index >= 15 is 0 Å². The van der Waals surface area contributed by atoms with Crippen molar-refractivity contribution in [2.75, 3.05) is 19.5 Å². The summed E-state index contributed by atoms with van der Waals surface area (Å²) in [6.45, 7) is 2.14. The molecule has 0 aromatic carbocycles. The molecule has 2 rings (SSSR count). The molecule has 0 aliphatic heterocycles. The highest BCUT2D eigenvalue weighted by Crippen LogP contribution is 2.20. The molecule has 2 aromatic rings. The normalized spacial score (nSPS) is 12.5. The lowest BCUT2D eigenvalue weighted by Gasteiger charge is -2.15. The first-order chi connectivity index (χ1) is 10.0. The van der Waals surface area contributed by atoms with Crippen molar-refractivity contribution >= 4 is 34.7 Å². The zero-order valence-corrected chi connectivity index (χ0v) is 12.5. The van der Waals surface area contributed by atoms with Gasteiger partial charge in [0.25, 0.3) is 0 Å². The number of aromatic nitrogens is 4. The van der Waals surface area contributed by atoms with Crippen molar-refractivity contribution in [1.82, 2.24) is 19.5 Å². The van der Waals surface area contributed by atoms with E-state index in [2.05, 4.69) is 15.0 Å². The second-order valence-electron chi connectivity index (χ2n) is 4.43. The van der Waals surface area contributed by atoms with Crippen molar-refractivity contribution in [2.45, 2.75) is 26.0 Å². The number of fused-ring (bicyclic) bond motifs is 1. The molecule has 2 aromatic heterocycles. The summed E-state index contributed by atoms with van der Waals surface area (Å²) in [5, 5.41) is 0.222. The molecule has 0 spiro atoms. The highest BCUT2D eigenvalue weighted by atomic mass is 35.5. The minimum atomic E-state index is -0.336. The number of methoxy groups -OCH3 is 1. The molecule has 114 valence electrons. The number of aryl methyl sites for hydroxylation is 1. The van der Waals surface area contributed by atoms with Crippen LogP contribution >= 0.6 is 11.6 Å². The maximum absolute atomic E-state index is 10.8. The molecule has 0 fully saturated rings. The average Bonchev–Trinajstić information content (AvgIpc) is 2.82. The van der Waals surface area contributed by atoms with Crippen LogP contribution in [0, 0.1) is 0 Å². The molecule has 9 heteroatoms. The third-order valence-electron chi connectivity index (χ3n) is 2.94. The number of halogens is 1. The van der Waals surface area contributed by atoms with Crippen molar-refractivity contribution in [3.05, 3.63) is 11.5 Å². The first kappa shape index (κ1) is 15.5. The van der Waals surface area contributed by atoms with E-state index in [0.29, 0.717) is 24.1 Å². The van der Waals surface area contributed by atoms with Gasteiger partial charge < -0.3 is 19.8 Å². The van der Waals surface area contributed by atoms with Gasteiger partial charge in [-0.2, -0.15) is 9.97 Å². The van der Waals surface area contributed by atoms with Crippen LogP contribution in [0.15, 0.2) is 6.33 Å². The Morgan fingerprint density at radius 1 is 1.52 bits per heavy atom. The number of nitrogens with zero attached hydrogens (tertiary/aromatic N) is 4. The van der Waals surface area contributed by atoms with Crippen LogP contribution in [0.25, 0.3) is 11.2 Å². The summed E-state index contributed by atoms with van der Waals surface area (Å²) in [5.41, 5.74) is 6.65. The average molecular weight is 314 g/mol. The van der Waals surface area contributed by atoms with Gasteiger partial charge in [0.15, 0.2) is 10.8 Å². The first-order valence-corrected chi connectivity index (χ1v) is 6.69. The lowest BCUT2D eigenvalue weighted by atomic mass is 10.2. The fourth-order valence-corrected chi connectivity index (χ4v) is 2.07. The third kappa shape index (κ3) is 3.79. The van der Waals surface area contributed by atoms with Crippen LogP contribution < -0.4 is 5.73 Å². The standard InChI is InChI=1S/C12H16ClN5O3/c1-7(19)21-5-8(20-2)3-4-18-6-15-9-10(13)16-12(14)17-11(9)18/h6,8H,3-5H2,1-2H3,(H2,14,16,17). The van der Waals surface area contributed by atoms with E-state index in [4.69, 9.17) is 26.8 Å². The van der Waals surface area contributed by atoms with Gasteiger partial charge in [0, 0.05) is 20.6 Å². The van der Waals surface area contributed by atoms with Gasteiger partial charge in [-0.3, -0.25) is 4.79 Å². The van der Waals surface area contributed by atoms with E-state index < -0.39 is 0 Å². The zero-order valence-electron chi connectivity index (χ0n) is 11.7. The smallest absolute Gasteiger partial charge is 0.302 e. The second kappa shape index (κ2) is 6.68. The van der Waals surface area contributed by atoms with E-state index in [1.54, 1.807) is 18.0 Å². The lowest BCUT2D eigenvalue weighted by Crippen LogP contribution is -2.21. The largest absolute Gasteiger partial charge is 0.463 e. The predicted octanol–water partition coefficient (Wildman–Crippen LogP) is 1.03. The molecule has 0 saturated carbocycles. The number of rotatable bonds is 6. The molecule has 21 heavy (non-hydrogen) atoms. The molecule has 8 nitrogen and oxygen atoms in total. The number of nitrogen functional groups attached to an aromatic ring is 1. The molecule has 1 unspecified atom stereocenters. The highest BCUT2D eigenvalue weighted by Gasteiger charge is 2.13. The maximum Gasteiger partial charge on any atom is 0.302 e. The second-order valence-corrected chi connectivity index (χ2v) is 4.79. The van der Waals surface area contributed by atoms with Gasteiger partial charge in [0.05, 0.1) is 12.4 Å². The maximum atomic E-state index is 10.8. The summed E-state index contributed by atoms with van der Waals surface area (Å²) in [6, 6.07) is 0. The van der Waals surface area contributed by atoms with Crippen molar-refractivity contribution in [2.24, 2.45) is 0 Å². The monoisotopic (exact) mass is 313 g/mol. The Bertz CT molecular complexity index is 645. The first-order valence-electron chi connectivity index (χ1n) is 6.31. The Morgan fingerprint density at radius 2 is 2.29 bits per heavy atom. The quantitative estimate of drug-likeness (QED) is 0.627. The van der Waals surface area contributed by atoms with Gasteiger partial charge in [-0.05, 0) is 6.42 Å². The molecule has 0 aliphatic carbocycles. The van der Waals surface area contributed by atoms with Gasteiger partial charge in [-0.15, -0.1) is 0 Å². The minimum Gasteiger partial charge on any atom is -0.463 e. The van der Waals surface area contributed by atoms with Gasteiger partial charge in [0.2, 0.25) is 5.95 Å². The Hall–Kier alpha value is -1.93. The van der Waals surface area contributed by atoms with E-state index in [0.717, 1.165) is 0 Å². The van der Waals surface area contributed by atoms with Gasteiger partial charge >= 0.3 is 5.97 Å². The fraction of sp³-hybridized carbons (Fsp3) is 0.500. The van der Waals surface area contributed by atoms with E-state index in [1.807, 2.05) is 0 Å². The van der Waals surface area contributed by atoms with E-state index in [1.165, 1.54) is 6.92 Å². The molecule has 0 aliphatic rings. The summed E-state index contributed by atoms with van der Waals surface area (Å²) in [5.74, 6) is -0.241. The Labute approximate surface area is 126 Å². The van der Waals surface area contributed by atoms with Crippen LogP contribution in [0.5, 0.6) is 0 Å². The molecule has 0 radical (unpaired) electrons. The van der Waals surface area contributed by atoms with Crippen molar-refractivity contribution in [1.29, 1.82) is 0 Å². The molecule has 0 bridgehead atoms. The number of carbonyl (C=O) groups is 1. The molecular formula is C12H16ClN5O3.